The number of anilines is 1. The van der Waals surface area contributed by atoms with Crippen molar-refractivity contribution in [2.45, 2.75) is 71.5 Å². The Kier molecular flexibility index (Phi) is 6.89. The molecule has 1 saturated heterocycles. The van der Waals surface area contributed by atoms with Crippen molar-refractivity contribution >= 4 is 28.7 Å². The lowest BCUT2D eigenvalue weighted by Crippen LogP contribution is -2.40. The van der Waals surface area contributed by atoms with Crippen LogP contribution in [0.2, 0.25) is 0 Å². The van der Waals surface area contributed by atoms with Crippen molar-refractivity contribution in [2.24, 2.45) is 0 Å². The molecule has 0 aliphatic carbocycles. The van der Waals surface area contributed by atoms with Crippen LogP contribution in [-0.2, 0) is 29.1 Å². The first-order valence-corrected chi connectivity index (χ1v) is 13.0. The van der Waals surface area contributed by atoms with Crippen LogP contribution in [0.15, 0.2) is 24.3 Å². The number of nitrogens with one attached hydrogen (secondary N) is 1. The van der Waals surface area contributed by atoms with E-state index < -0.39 is 0 Å². The summed E-state index contributed by atoms with van der Waals surface area (Å²) >= 11 is 0. The highest BCUT2D eigenvalue weighted by Gasteiger charge is 2.32. The lowest BCUT2D eigenvalue weighted by atomic mass is 9.99. The quantitative estimate of drug-likeness (QED) is 0.568. The Morgan fingerprint density at radius 3 is 2.75 bits per heavy atom. The molecule has 190 valence electrons. The highest BCUT2D eigenvalue weighted by atomic mass is 16.2. The maximum atomic E-state index is 13.4. The van der Waals surface area contributed by atoms with E-state index in [1.165, 1.54) is 0 Å². The molecule has 1 unspecified atom stereocenters. The van der Waals surface area contributed by atoms with Gasteiger partial charge in [0.15, 0.2) is 5.82 Å². The summed E-state index contributed by atoms with van der Waals surface area (Å²) in [5.41, 5.74) is 4.08. The predicted octanol–water partition coefficient (Wildman–Crippen LogP) is 3.62. The summed E-state index contributed by atoms with van der Waals surface area (Å²) in [5.74, 6) is 2.69. The molecule has 2 aromatic heterocycles. The van der Waals surface area contributed by atoms with Gasteiger partial charge in [0.25, 0.3) is 0 Å². The number of carbonyl (C=O) groups excluding carboxylic acids is 2. The van der Waals surface area contributed by atoms with Crippen LogP contribution in [0.25, 0.3) is 11.0 Å². The minimum absolute atomic E-state index is 0.0576. The fourth-order valence-corrected chi connectivity index (χ4v) is 5.58. The molecule has 1 fully saturated rings. The Morgan fingerprint density at radius 1 is 1.11 bits per heavy atom. The van der Waals surface area contributed by atoms with Crippen molar-refractivity contribution in [3.63, 3.8) is 0 Å². The van der Waals surface area contributed by atoms with Crippen molar-refractivity contribution < 1.29 is 9.59 Å². The predicted molar refractivity (Wildman–Crippen MR) is 138 cm³/mol. The van der Waals surface area contributed by atoms with Crippen LogP contribution in [-0.4, -0.2) is 61.3 Å². The Labute approximate surface area is 211 Å². The summed E-state index contributed by atoms with van der Waals surface area (Å²) in [6.07, 6.45) is 4.86. The summed E-state index contributed by atoms with van der Waals surface area (Å²) in [7, 11) is 1.87. The van der Waals surface area contributed by atoms with Crippen molar-refractivity contribution in [3.8, 4) is 0 Å². The van der Waals surface area contributed by atoms with E-state index in [1.54, 1.807) is 6.92 Å². The zero-order chi connectivity index (χ0) is 25.2. The van der Waals surface area contributed by atoms with Crippen LogP contribution in [0.1, 0.15) is 68.0 Å². The van der Waals surface area contributed by atoms with Gasteiger partial charge >= 0.3 is 0 Å². The number of aromatic nitrogens is 4. The minimum Gasteiger partial charge on any atom is -0.373 e. The molecule has 1 N–H and O–H groups in total. The molecule has 4 heterocycles. The smallest absolute Gasteiger partial charge is 0.223 e. The van der Waals surface area contributed by atoms with Gasteiger partial charge in [-0.05, 0) is 51.2 Å². The van der Waals surface area contributed by atoms with Crippen LogP contribution in [0, 0.1) is 6.92 Å². The second kappa shape index (κ2) is 10.2. The number of hydrogen-bond donors (Lipinski definition) is 1. The molecule has 2 aliphatic heterocycles. The second-order valence-electron chi connectivity index (χ2n) is 9.80. The maximum absolute atomic E-state index is 13.4. The molecule has 0 spiro atoms. The molecule has 5 rings (SSSR count). The van der Waals surface area contributed by atoms with Gasteiger partial charge in [-0.3, -0.25) is 9.59 Å². The van der Waals surface area contributed by atoms with Crippen molar-refractivity contribution in [1.29, 1.82) is 0 Å². The van der Waals surface area contributed by atoms with Gasteiger partial charge < -0.3 is 19.7 Å². The van der Waals surface area contributed by atoms with E-state index >= 15 is 0 Å². The monoisotopic (exact) mass is 489 g/mol. The summed E-state index contributed by atoms with van der Waals surface area (Å²) in [6, 6.07) is 8.00. The molecule has 0 radical (unpaired) electrons. The van der Waals surface area contributed by atoms with E-state index in [-0.39, 0.29) is 17.9 Å². The lowest BCUT2D eigenvalue weighted by Gasteiger charge is -2.36. The number of rotatable bonds is 6. The molecular weight excluding hydrogens is 454 g/mol. The molecule has 36 heavy (non-hydrogen) atoms. The molecule has 3 aromatic rings. The average molecular weight is 490 g/mol. The molecule has 2 amide bonds. The molecule has 0 saturated carbocycles. The summed E-state index contributed by atoms with van der Waals surface area (Å²) in [4.78, 5) is 43.6. The number of benzene rings is 1. The second-order valence-corrected chi connectivity index (χ2v) is 9.80. The zero-order valence-electron chi connectivity index (χ0n) is 21.5. The number of fused-ring (bicyclic) bond motifs is 2. The van der Waals surface area contributed by atoms with E-state index in [1.807, 2.05) is 42.0 Å². The Hall–Kier alpha value is -3.49. The molecule has 1 aromatic carbocycles. The first kappa shape index (κ1) is 24.2. The third kappa shape index (κ3) is 4.66. The summed E-state index contributed by atoms with van der Waals surface area (Å²) in [6.45, 7) is 6.28. The van der Waals surface area contributed by atoms with Gasteiger partial charge in [-0.2, -0.15) is 0 Å². The molecule has 0 bridgehead atoms. The van der Waals surface area contributed by atoms with Crippen LogP contribution < -0.4 is 5.32 Å². The van der Waals surface area contributed by atoms with E-state index in [2.05, 4.69) is 20.9 Å². The number of piperidine rings is 1. The molecule has 9 nitrogen and oxygen atoms in total. The number of amides is 2. The van der Waals surface area contributed by atoms with Gasteiger partial charge in [-0.1, -0.05) is 12.1 Å². The Bertz CT molecular complexity index is 1280. The van der Waals surface area contributed by atoms with E-state index in [0.717, 1.165) is 79.1 Å². The largest absolute Gasteiger partial charge is 0.373 e. The standard InChI is InChI=1S/C27H35N7O2/c1-18-29-21-9-4-5-10-23(21)33(18)15-8-12-25(36)34-14-7-6-11-24(34)27-30-22-17-32(19(2)35)16-13-20(22)26(28-3)31-27/h4-5,9-10,24H,6-8,11-17H2,1-3H3,(H,28,30,31). The SMILES string of the molecule is CNc1nc(C2CCCCN2C(=O)CCCn2c(C)nc3ccccc32)nc2c1CCN(C(C)=O)C2. The number of likely N-dealkylation sites (tertiary alicyclic amines) is 1. The lowest BCUT2D eigenvalue weighted by molar-refractivity contribution is -0.135. The van der Waals surface area contributed by atoms with Crippen LogP contribution in [0.4, 0.5) is 5.82 Å². The third-order valence-electron chi connectivity index (χ3n) is 7.50. The number of carbonyl (C=O) groups is 2. The average Bonchev–Trinajstić information content (AvgIpc) is 3.22. The highest BCUT2D eigenvalue weighted by Crippen LogP contribution is 2.33. The van der Waals surface area contributed by atoms with E-state index in [9.17, 15) is 9.59 Å². The van der Waals surface area contributed by atoms with Crippen molar-refractivity contribution in [2.75, 3.05) is 25.5 Å². The minimum atomic E-state index is -0.132. The van der Waals surface area contributed by atoms with Gasteiger partial charge in [-0.25, -0.2) is 15.0 Å². The van der Waals surface area contributed by atoms with Crippen LogP contribution in [0.5, 0.6) is 0 Å². The maximum Gasteiger partial charge on any atom is 0.223 e. The van der Waals surface area contributed by atoms with Crippen molar-refractivity contribution in [1.82, 2.24) is 29.3 Å². The Balaban J connectivity index is 1.32. The van der Waals surface area contributed by atoms with Gasteiger partial charge in [0, 0.05) is 45.6 Å². The molecular formula is C27H35N7O2. The molecule has 2 aliphatic rings. The molecule has 9 heteroatoms. The van der Waals surface area contributed by atoms with Gasteiger partial charge in [-0.15, -0.1) is 0 Å². The third-order valence-corrected chi connectivity index (χ3v) is 7.50. The highest BCUT2D eigenvalue weighted by molar-refractivity contribution is 5.77. The number of nitrogens with zero attached hydrogens (tertiary/aromatic N) is 6. The van der Waals surface area contributed by atoms with Crippen LogP contribution in [0.3, 0.4) is 0 Å². The number of aryl methyl sites for hydroxylation is 2. The first-order chi connectivity index (χ1) is 17.5. The normalized spacial score (nSPS) is 17.8. The summed E-state index contributed by atoms with van der Waals surface area (Å²) < 4.78 is 2.20. The topological polar surface area (TPSA) is 96.2 Å². The van der Waals surface area contributed by atoms with Gasteiger partial charge in [0.1, 0.15) is 11.6 Å². The number of imidazole rings is 1. The molecule has 1 atom stereocenters. The fourth-order valence-electron chi connectivity index (χ4n) is 5.58. The number of hydrogen-bond acceptors (Lipinski definition) is 6. The van der Waals surface area contributed by atoms with Gasteiger partial charge in [0.05, 0.1) is 29.3 Å². The zero-order valence-corrected chi connectivity index (χ0v) is 21.5. The number of para-hydroxylation sites is 2. The van der Waals surface area contributed by atoms with E-state index in [4.69, 9.17) is 9.97 Å². The Morgan fingerprint density at radius 2 is 1.94 bits per heavy atom. The van der Waals surface area contributed by atoms with Gasteiger partial charge in [0.2, 0.25) is 11.8 Å². The van der Waals surface area contributed by atoms with E-state index in [0.29, 0.717) is 25.3 Å². The summed E-state index contributed by atoms with van der Waals surface area (Å²) in [5, 5.41) is 3.23. The van der Waals surface area contributed by atoms with Crippen molar-refractivity contribution in [3.05, 3.63) is 47.2 Å². The van der Waals surface area contributed by atoms with Crippen LogP contribution >= 0.6 is 0 Å². The fraction of sp³-hybridized carbons (Fsp3) is 0.519. The first-order valence-electron chi connectivity index (χ1n) is 13.0.